The molecule has 1 aromatic rings. The first-order valence-electron chi connectivity index (χ1n) is 6.87. The molecule has 0 heterocycles. The predicted octanol–water partition coefficient (Wildman–Crippen LogP) is 4.47. The highest BCUT2D eigenvalue weighted by Gasteiger charge is 2.32. The lowest BCUT2D eigenvalue weighted by Gasteiger charge is -2.27. The Bertz CT molecular complexity index is 439. The van der Waals surface area contributed by atoms with E-state index in [0.29, 0.717) is 12.1 Å². The summed E-state index contributed by atoms with van der Waals surface area (Å²) in [5, 5.41) is 3.33. The molecule has 0 atom stereocenters. The molecule has 0 unspecified atom stereocenters. The van der Waals surface area contributed by atoms with Gasteiger partial charge in [0.05, 0.1) is 5.56 Å². The smallest absolute Gasteiger partial charge is 0.311 e. The van der Waals surface area contributed by atoms with E-state index >= 15 is 0 Å². The monoisotopic (exact) mass is 303 g/mol. The molecule has 1 aliphatic rings. The summed E-state index contributed by atoms with van der Waals surface area (Å²) in [6.45, 7) is 1.36. The van der Waals surface area contributed by atoms with Crippen LogP contribution in [0.2, 0.25) is 0 Å². The molecule has 1 aromatic carbocycles. The van der Waals surface area contributed by atoms with E-state index in [0.717, 1.165) is 12.6 Å². The van der Waals surface area contributed by atoms with Crippen LogP contribution in [0.4, 0.5) is 13.2 Å². The van der Waals surface area contributed by atoms with Gasteiger partial charge in [0.25, 0.3) is 0 Å². The molecule has 20 heavy (non-hydrogen) atoms. The third-order valence-electron chi connectivity index (χ3n) is 3.98. The Morgan fingerprint density at radius 1 is 1.25 bits per heavy atom. The maximum atomic E-state index is 12.6. The van der Waals surface area contributed by atoms with E-state index in [2.05, 4.69) is 11.6 Å². The minimum absolute atomic E-state index is 0.279. The minimum atomic E-state index is -4.26. The topological polar surface area (TPSA) is 12.0 Å². The highest BCUT2D eigenvalue weighted by atomic mass is 32.2. The van der Waals surface area contributed by atoms with E-state index in [1.54, 1.807) is 6.07 Å². The molecule has 1 nitrogen and oxygen atoms in total. The van der Waals surface area contributed by atoms with Gasteiger partial charge in [-0.3, -0.25) is 0 Å². The largest absolute Gasteiger partial charge is 0.416 e. The van der Waals surface area contributed by atoms with Gasteiger partial charge in [-0.25, -0.2) is 0 Å². The van der Waals surface area contributed by atoms with Gasteiger partial charge in [-0.1, -0.05) is 31.0 Å². The number of hydrogen-bond donors (Lipinski definition) is 1. The maximum absolute atomic E-state index is 12.6. The number of hydrogen-bond acceptors (Lipinski definition) is 2. The van der Waals surface area contributed by atoms with Crippen molar-refractivity contribution in [3.05, 3.63) is 35.4 Å². The van der Waals surface area contributed by atoms with Crippen LogP contribution in [-0.2, 0) is 12.7 Å². The van der Waals surface area contributed by atoms with Gasteiger partial charge in [-0.05, 0) is 30.7 Å². The molecule has 0 aromatic heterocycles. The van der Waals surface area contributed by atoms with E-state index in [4.69, 9.17) is 0 Å². The lowest BCUT2D eigenvalue weighted by molar-refractivity contribution is -0.137. The SMILES string of the molecule is CSC1(CNCc2cccc(C(F)(F)F)c2)CCCC1. The number of nitrogens with one attached hydrogen (secondary N) is 1. The van der Waals surface area contributed by atoms with Crippen LogP contribution in [0.25, 0.3) is 0 Å². The van der Waals surface area contributed by atoms with Crippen LogP contribution in [-0.4, -0.2) is 17.5 Å². The van der Waals surface area contributed by atoms with Crippen molar-refractivity contribution < 1.29 is 13.2 Å². The molecule has 112 valence electrons. The lowest BCUT2D eigenvalue weighted by atomic mass is 10.1. The Hall–Kier alpha value is -0.680. The number of thioether (sulfide) groups is 1. The van der Waals surface area contributed by atoms with Crippen LogP contribution < -0.4 is 5.32 Å². The van der Waals surface area contributed by atoms with Crippen molar-refractivity contribution in [1.29, 1.82) is 0 Å². The first-order valence-corrected chi connectivity index (χ1v) is 8.10. The van der Waals surface area contributed by atoms with E-state index in [9.17, 15) is 13.2 Å². The van der Waals surface area contributed by atoms with Gasteiger partial charge >= 0.3 is 6.18 Å². The summed E-state index contributed by atoms with van der Waals surface area (Å²) in [5.41, 5.74) is 0.117. The molecule has 2 rings (SSSR count). The average molecular weight is 303 g/mol. The zero-order chi connectivity index (χ0) is 14.6. The summed E-state index contributed by atoms with van der Waals surface area (Å²) in [5.74, 6) is 0. The zero-order valence-corrected chi connectivity index (χ0v) is 12.4. The zero-order valence-electron chi connectivity index (χ0n) is 11.6. The molecule has 0 bridgehead atoms. The van der Waals surface area contributed by atoms with Crippen LogP contribution in [0.5, 0.6) is 0 Å². The molecule has 0 radical (unpaired) electrons. The third-order valence-corrected chi connectivity index (χ3v) is 5.40. The summed E-state index contributed by atoms with van der Waals surface area (Å²) >= 11 is 1.88. The highest BCUT2D eigenvalue weighted by Crippen LogP contribution is 2.39. The first-order chi connectivity index (χ1) is 9.45. The fourth-order valence-electron chi connectivity index (χ4n) is 2.76. The van der Waals surface area contributed by atoms with Crippen molar-refractivity contribution in [1.82, 2.24) is 5.32 Å². The molecule has 5 heteroatoms. The van der Waals surface area contributed by atoms with Crippen LogP contribution in [0.1, 0.15) is 36.8 Å². The quantitative estimate of drug-likeness (QED) is 0.861. The Balaban J connectivity index is 1.91. The van der Waals surface area contributed by atoms with Crippen LogP contribution in [0, 0.1) is 0 Å². The number of alkyl halides is 3. The van der Waals surface area contributed by atoms with Gasteiger partial charge < -0.3 is 5.32 Å². The van der Waals surface area contributed by atoms with Crippen LogP contribution in [0.15, 0.2) is 24.3 Å². The molecule has 1 aliphatic carbocycles. The molecule has 1 fully saturated rings. The van der Waals surface area contributed by atoms with Crippen molar-refractivity contribution in [2.45, 2.75) is 43.2 Å². The Labute approximate surface area is 122 Å². The minimum Gasteiger partial charge on any atom is -0.311 e. The van der Waals surface area contributed by atoms with Gasteiger partial charge in [0.1, 0.15) is 0 Å². The average Bonchev–Trinajstić information content (AvgIpc) is 2.88. The first kappa shape index (κ1) is 15.7. The molecule has 1 saturated carbocycles. The number of halogens is 3. The summed E-state index contributed by atoms with van der Waals surface area (Å²) in [7, 11) is 0. The third kappa shape index (κ3) is 3.92. The normalized spacial score (nSPS) is 18.4. The van der Waals surface area contributed by atoms with E-state index in [1.807, 2.05) is 11.8 Å². The lowest BCUT2D eigenvalue weighted by Crippen LogP contribution is -2.34. The van der Waals surface area contributed by atoms with Crippen molar-refractivity contribution in [3.63, 3.8) is 0 Å². The summed E-state index contributed by atoms with van der Waals surface area (Å²) < 4.78 is 38.2. The second-order valence-corrected chi connectivity index (χ2v) is 6.67. The molecule has 0 spiro atoms. The van der Waals surface area contributed by atoms with Crippen molar-refractivity contribution in [2.24, 2.45) is 0 Å². The van der Waals surface area contributed by atoms with E-state index in [1.165, 1.54) is 37.8 Å². The van der Waals surface area contributed by atoms with Crippen molar-refractivity contribution >= 4 is 11.8 Å². The van der Waals surface area contributed by atoms with Gasteiger partial charge in [0.2, 0.25) is 0 Å². The second-order valence-electron chi connectivity index (χ2n) is 5.40. The second kappa shape index (κ2) is 6.39. The fraction of sp³-hybridized carbons (Fsp3) is 0.600. The standard InChI is InChI=1S/C15H20F3NS/c1-20-14(7-2-3-8-14)11-19-10-12-5-4-6-13(9-12)15(16,17)18/h4-6,9,19H,2-3,7-8,10-11H2,1H3. The summed E-state index contributed by atoms with van der Waals surface area (Å²) in [6, 6.07) is 5.56. The predicted molar refractivity (Wildman–Crippen MR) is 77.9 cm³/mol. The Kier molecular flexibility index (Phi) is 5.02. The Morgan fingerprint density at radius 3 is 2.55 bits per heavy atom. The summed E-state index contributed by atoms with van der Waals surface area (Å²) in [4.78, 5) is 0. The molecular weight excluding hydrogens is 283 g/mol. The molecule has 0 saturated heterocycles. The number of rotatable bonds is 5. The van der Waals surface area contributed by atoms with Crippen molar-refractivity contribution in [2.75, 3.05) is 12.8 Å². The molecular formula is C15H20F3NS. The van der Waals surface area contributed by atoms with Crippen molar-refractivity contribution in [3.8, 4) is 0 Å². The van der Waals surface area contributed by atoms with Gasteiger partial charge in [-0.15, -0.1) is 0 Å². The van der Waals surface area contributed by atoms with Crippen LogP contribution >= 0.6 is 11.8 Å². The van der Waals surface area contributed by atoms with Gasteiger partial charge in [-0.2, -0.15) is 24.9 Å². The van der Waals surface area contributed by atoms with E-state index < -0.39 is 11.7 Å². The Morgan fingerprint density at radius 2 is 1.95 bits per heavy atom. The fourth-order valence-corrected chi connectivity index (χ4v) is 3.71. The summed E-state index contributed by atoms with van der Waals surface area (Å²) in [6.07, 6.45) is 2.77. The number of benzene rings is 1. The van der Waals surface area contributed by atoms with Gasteiger partial charge in [0.15, 0.2) is 0 Å². The van der Waals surface area contributed by atoms with Crippen LogP contribution in [0.3, 0.4) is 0 Å². The van der Waals surface area contributed by atoms with Gasteiger partial charge in [0, 0.05) is 17.8 Å². The maximum Gasteiger partial charge on any atom is 0.416 e. The van der Waals surface area contributed by atoms with E-state index in [-0.39, 0.29) is 4.75 Å². The molecule has 1 N–H and O–H groups in total. The highest BCUT2D eigenvalue weighted by molar-refractivity contribution is 8.00. The molecule has 0 aliphatic heterocycles. The molecule has 0 amide bonds.